The van der Waals surface area contributed by atoms with Gasteiger partial charge in [-0.15, -0.1) is 0 Å². The smallest absolute Gasteiger partial charge is 0.330 e. The lowest BCUT2D eigenvalue weighted by molar-refractivity contribution is -0.135. The monoisotopic (exact) mass is 436 g/mol. The van der Waals surface area contributed by atoms with E-state index in [1.165, 1.54) is 26.4 Å². The second kappa shape index (κ2) is 13.2. The Morgan fingerprint density at radius 1 is 1.21 bits per heavy atom. The van der Waals surface area contributed by atoms with E-state index in [9.17, 15) is 9.59 Å². The SMILES string of the molecule is COC(=O)/C=C/C(=O)Nc1cccc(OCCCCSC(=S)N2CCCCC2)c1. The second-order valence-electron chi connectivity index (χ2n) is 6.59. The normalized spacial score (nSPS) is 13.9. The number of thioether (sulfide) groups is 1. The molecular formula is C21H28N2O4S2. The second-order valence-corrected chi connectivity index (χ2v) is 8.32. The van der Waals surface area contributed by atoms with E-state index in [4.69, 9.17) is 17.0 Å². The van der Waals surface area contributed by atoms with Crippen molar-refractivity contribution in [3.05, 3.63) is 36.4 Å². The predicted octanol–water partition coefficient (Wildman–Crippen LogP) is 4.02. The fourth-order valence-electron chi connectivity index (χ4n) is 2.78. The molecule has 8 heteroatoms. The molecule has 158 valence electrons. The number of benzene rings is 1. The van der Waals surface area contributed by atoms with Crippen LogP contribution in [0.2, 0.25) is 0 Å². The van der Waals surface area contributed by atoms with Crippen LogP contribution in [0, 0.1) is 0 Å². The van der Waals surface area contributed by atoms with Crippen LogP contribution in [-0.4, -0.2) is 53.7 Å². The molecule has 1 amide bonds. The minimum Gasteiger partial charge on any atom is -0.494 e. The highest BCUT2D eigenvalue weighted by molar-refractivity contribution is 8.22. The fourth-order valence-corrected chi connectivity index (χ4v) is 4.10. The maximum absolute atomic E-state index is 11.8. The lowest BCUT2D eigenvalue weighted by Gasteiger charge is -2.28. The first kappa shape index (κ1) is 23.2. The molecule has 0 saturated carbocycles. The van der Waals surface area contributed by atoms with Crippen LogP contribution >= 0.6 is 24.0 Å². The van der Waals surface area contributed by atoms with Gasteiger partial charge in [-0.05, 0) is 44.2 Å². The lowest BCUT2D eigenvalue weighted by atomic mass is 10.1. The zero-order valence-electron chi connectivity index (χ0n) is 16.7. The molecule has 2 rings (SSSR count). The van der Waals surface area contributed by atoms with Gasteiger partial charge in [0.25, 0.3) is 0 Å². The molecule has 0 radical (unpaired) electrons. The van der Waals surface area contributed by atoms with Crippen LogP contribution in [-0.2, 0) is 14.3 Å². The number of likely N-dealkylation sites (tertiary alicyclic amines) is 1. The Bertz CT molecular complexity index is 718. The number of methoxy groups -OCH3 is 1. The third-order valence-corrected chi connectivity index (χ3v) is 5.93. The van der Waals surface area contributed by atoms with Gasteiger partial charge in [-0.3, -0.25) is 4.79 Å². The van der Waals surface area contributed by atoms with Gasteiger partial charge in [0, 0.05) is 42.7 Å². The Balaban J connectivity index is 1.63. The Morgan fingerprint density at radius 3 is 2.76 bits per heavy atom. The van der Waals surface area contributed by atoms with Crippen LogP contribution in [0.4, 0.5) is 5.69 Å². The molecule has 0 unspecified atom stereocenters. The Morgan fingerprint density at radius 2 is 2.00 bits per heavy atom. The van der Waals surface area contributed by atoms with Crippen molar-refractivity contribution in [3.8, 4) is 5.75 Å². The molecule has 29 heavy (non-hydrogen) atoms. The van der Waals surface area contributed by atoms with Crippen molar-refractivity contribution in [1.29, 1.82) is 0 Å². The molecule has 1 aliphatic rings. The van der Waals surface area contributed by atoms with Gasteiger partial charge >= 0.3 is 5.97 Å². The van der Waals surface area contributed by atoms with Crippen LogP contribution in [0.5, 0.6) is 5.75 Å². The van der Waals surface area contributed by atoms with Gasteiger partial charge in [0.15, 0.2) is 0 Å². The number of esters is 1. The maximum Gasteiger partial charge on any atom is 0.330 e. The Labute approximate surface area is 182 Å². The van der Waals surface area contributed by atoms with E-state index >= 15 is 0 Å². The van der Waals surface area contributed by atoms with E-state index in [1.807, 2.05) is 12.1 Å². The van der Waals surface area contributed by atoms with Crippen molar-refractivity contribution in [2.75, 3.05) is 37.9 Å². The molecule has 1 aliphatic heterocycles. The number of anilines is 1. The zero-order valence-corrected chi connectivity index (χ0v) is 18.4. The summed E-state index contributed by atoms with van der Waals surface area (Å²) in [6, 6.07) is 7.17. The molecule has 1 N–H and O–H groups in total. The Kier molecular flexibility index (Phi) is 10.6. The molecular weight excluding hydrogens is 408 g/mol. The molecule has 1 aromatic carbocycles. The van der Waals surface area contributed by atoms with E-state index in [-0.39, 0.29) is 0 Å². The quantitative estimate of drug-likeness (QED) is 0.271. The molecule has 0 spiro atoms. The van der Waals surface area contributed by atoms with Crippen molar-refractivity contribution < 1.29 is 19.1 Å². The van der Waals surface area contributed by atoms with Crippen LogP contribution < -0.4 is 10.1 Å². The number of rotatable bonds is 9. The van der Waals surface area contributed by atoms with Gasteiger partial charge in [-0.25, -0.2) is 4.79 Å². The van der Waals surface area contributed by atoms with E-state index in [1.54, 1.807) is 23.9 Å². The van der Waals surface area contributed by atoms with Crippen molar-refractivity contribution in [3.63, 3.8) is 0 Å². The van der Waals surface area contributed by atoms with Gasteiger partial charge in [0.05, 0.1) is 13.7 Å². The van der Waals surface area contributed by atoms with Gasteiger partial charge in [0.1, 0.15) is 10.1 Å². The first-order chi connectivity index (χ1) is 14.1. The van der Waals surface area contributed by atoms with E-state index in [0.29, 0.717) is 18.0 Å². The fraction of sp³-hybridized carbons (Fsp3) is 0.476. The average Bonchev–Trinajstić information content (AvgIpc) is 2.75. The number of nitrogens with zero attached hydrogens (tertiary/aromatic N) is 1. The molecule has 0 atom stereocenters. The third kappa shape index (κ3) is 9.32. The minimum atomic E-state index is -0.577. The van der Waals surface area contributed by atoms with Gasteiger partial charge in [-0.2, -0.15) is 0 Å². The highest BCUT2D eigenvalue weighted by Gasteiger charge is 2.13. The van der Waals surface area contributed by atoms with Crippen LogP contribution in [0.3, 0.4) is 0 Å². The topological polar surface area (TPSA) is 67.9 Å². The molecule has 1 aromatic rings. The summed E-state index contributed by atoms with van der Waals surface area (Å²) in [6.45, 7) is 2.80. The molecule has 0 aromatic heterocycles. The summed E-state index contributed by atoms with van der Waals surface area (Å²) >= 11 is 7.27. The van der Waals surface area contributed by atoms with E-state index in [0.717, 1.165) is 48.2 Å². The van der Waals surface area contributed by atoms with Crippen LogP contribution in [0.1, 0.15) is 32.1 Å². The first-order valence-electron chi connectivity index (χ1n) is 9.80. The zero-order chi connectivity index (χ0) is 20.9. The Hall–Kier alpha value is -2.06. The van der Waals surface area contributed by atoms with Gasteiger partial charge < -0.3 is 19.7 Å². The van der Waals surface area contributed by atoms with Crippen molar-refractivity contribution >= 4 is 45.9 Å². The van der Waals surface area contributed by atoms with Gasteiger partial charge in [-0.1, -0.05) is 30.0 Å². The summed E-state index contributed by atoms with van der Waals surface area (Å²) < 4.78 is 11.2. The number of unbranched alkanes of at least 4 members (excludes halogenated alkanes) is 1. The lowest BCUT2D eigenvalue weighted by Crippen LogP contribution is -2.32. The van der Waals surface area contributed by atoms with Crippen LogP contribution in [0.25, 0.3) is 0 Å². The highest BCUT2D eigenvalue weighted by atomic mass is 32.2. The number of thiocarbonyl (C=S) groups is 1. The summed E-state index contributed by atoms with van der Waals surface area (Å²) in [4.78, 5) is 25.1. The van der Waals surface area contributed by atoms with Crippen molar-refractivity contribution in [1.82, 2.24) is 4.90 Å². The van der Waals surface area contributed by atoms with Gasteiger partial charge in [0.2, 0.25) is 5.91 Å². The first-order valence-corrected chi connectivity index (χ1v) is 11.2. The summed E-state index contributed by atoms with van der Waals surface area (Å²) in [7, 11) is 1.26. The number of hydrogen-bond acceptors (Lipinski definition) is 6. The standard InChI is InChI=1S/C21H28N2O4S2/c1-26-20(25)11-10-19(24)22-17-8-7-9-18(16-17)27-14-5-6-15-29-21(28)23-12-3-2-4-13-23/h7-11,16H,2-6,12-15H2,1H3,(H,22,24)/b11-10+. The number of carbonyl (C=O) groups excluding carboxylic acids is 2. The average molecular weight is 437 g/mol. The summed E-state index contributed by atoms with van der Waals surface area (Å²) in [5.41, 5.74) is 0.601. The molecule has 6 nitrogen and oxygen atoms in total. The largest absolute Gasteiger partial charge is 0.494 e. The highest BCUT2D eigenvalue weighted by Crippen LogP contribution is 2.19. The number of ether oxygens (including phenoxy) is 2. The number of hydrogen-bond donors (Lipinski definition) is 1. The number of piperidine rings is 1. The summed E-state index contributed by atoms with van der Waals surface area (Å²) in [6.07, 6.45) is 7.99. The molecule has 1 fully saturated rings. The van der Waals surface area contributed by atoms with E-state index in [2.05, 4.69) is 15.0 Å². The summed E-state index contributed by atoms with van der Waals surface area (Å²) in [5, 5.41) is 2.68. The predicted molar refractivity (Wildman–Crippen MR) is 121 cm³/mol. The number of carbonyl (C=O) groups is 2. The van der Waals surface area contributed by atoms with Crippen molar-refractivity contribution in [2.24, 2.45) is 0 Å². The molecule has 1 saturated heterocycles. The van der Waals surface area contributed by atoms with E-state index < -0.39 is 11.9 Å². The molecule has 1 heterocycles. The van der Waals surface area contributed by atoms with Crippen LogP contribution in [0.15, 0.2) is 36.4 Å². The molecule has 0 bridgehead atoms. The molecule has 0 aliphatic carbocycles. The minimum absolute atomic E-state index is 0.408. The number of amides is 1. The maximum atomic E-state index is 11.8. The third-order valence-electron chi connectivity index (χ3n) is 4.32. The van der Waals surface area contributed by atoms with Crippen molar-refractivity contribution in [2.45, 2.75) is 32.1 Å². The summed E-state index contributed by atoms with van der Waals surface area (Å²) in [5.74, 6) is 0.707. The number of nitrogens with one attached hydrogen (secondary N) is 1.